The molecule has 6 heteroatoms. The molecule has 5 nitrogen and oxygen atoms in total. The number of rotatable bonds is 6. The number of halogens is 1. The van der Waals surface area contributed by atoms with Gasteiger partial charge in [-0.2, -0.15) is 0 Å². The quantitative estimate of drug-likeness (QED) is 0.385. The molecular weight excluding hydrogens is 429 g/mol. The van der Waals surface area contributed by atoms with Crippen LogP contribution in [0.25, 0.3) is 0 Å². The maximum Gasteiger partial charge on any atom is 0.192 e. The van der Waals surface area contributed by atoms with Gasteiger partial charge in [0, 0.05) is 6.54 Å². The molecule has 2 N–H and O–H groups in total. The van der Waals surface area contributed by atoms with E-state index in [9.17, 15) is 0 Å². The van der Waals surface area contributed by atoms with Crippen LogP contribution < -0.4 is 15.4 Å². The van der Waals surface area contributed by atoms with Crippen LogP contribution in [0.5, 0.6) is 5.75 Å². The molecule has 25 heavy (non-hydrogen) atoms. The lowest BCUT2D eigenvalue weighted by Crippen LogP contribution is -2.38. The third kappa shape index (κ3) is 6.61. The van der Waals surface area contributed by atoms with E-state index in [1.807, 2.05) is 31.2 Å². The Labute approximate surface area is 167 Å². The Bertz CT molecular complexity index is 698. The van der Waals surface area contributed by atoms with E-state index in [-0.39, 0.29) is 30.0 Å². The van der Waals surface area contributed by atoms with Crippen molar-refractivity contribution >= 4 is 29.9 Å². The van der Waals surface area contributed by atoms with E-state index in [2.05, 4.69) is 42.5 Å². The molecule has 1 unspecified atom stereocenters. The average Bonchev–Trinajstić information content (AvgIpc) is 2.99. The van der Waals surface area contributed by atoms with Crippen molar-refractivity contribution in [1.82, 2.24) is 10.6 Å². The van der Waals surface area contributed by atoms with E-state index in [0.29, 0.717) is 6.54 Å². The number of hydrogen-bond acceptors (Lipinski definition) is 3. The van der Waals surface area contributed by atoms with Crippen molar-refractivity contribution in [3.05, 3.63) is 53.0 Å². The first-order chi connectivity index (χ1) is 11.5. The van der Waals surface area contributed by atoms with Crippen molar-refractivity contribution in [2.75, 3.05) is 13.7 Å². The van der Waals surface area contributed by atoms with Gasteiger partial charge in [0.05, 0.1) is 19.7 Å². The maximum atomic E-state index is 5.67. The fraction of sp³-hybridized carbons (Fsp3) is 0.421. The number of ether oxygens (including phenoxy) is 1. The molecule has 0 saturated heterocycles. The molecule has 2 aromatic rings. The lowest BCUT2D eigenvalue weighted by Gasteiger charge is -2.16. The first kappa shape index (κ1) is 21.3. The molecule has 0 saturated carbocycles. The molecule has 138 valence electrons. The second-order valence-corrected chi connectivity index (χ2v) is 5.87. The van der Waals surface area contributed by atoms with Crippen molar-refractivity contribution in [3.8, 4) is 5.75 Å². The summed E-state index contributed by atoms with van der Waals surface area (Å²) in [5.41, 5.74) is 2.28. The Morgan fingerprint density at radius 1 is 1.24 bits per heavy atom. The number of benzene rings is 1. The number of hydrogen-bond donors (Lipinski definition) is 2. The predicted molar refractivity (Wildman–Crippen MR) is 113 cm³/mol. The third-order valence-electron chi connectivity index (χ3n) is 3.65. The Morgan fingerprint density at radius 3 is 2.60 bits per heavy atom. The SMILES string of the molecule is CCNC(=NCc1cc(C)cc(OC)c1)NC(C)c1ccc(C)o1.I. The first-order valence-corrected chi connectivity index (χ1v) is 8.27. The number of methoxy groups -OCH3 is 1. The van der Waals surface area contributed by atoms with E-state index >= 15 is 0 Å². The summed E-state index contributed by atoms with van der Waals surface area (Å²) in [4.78, 5) is 4.67. The van der Waals surface area contributed by atoms with E-state index in [0.717, 1.165) is 40.9 Å². The van der Waals surface area contributed by atoms with Gasteiger partial charge in [-0.3, -0.25) is 0 Å². The molecule has 0 aliphatic rings. The topological polar surface area (TPSA) is 58.8 Å². The molecule has 0 aliphatic carbocycles. The zero-order chi connectivity index (χ0) is 17.5. The molecule has 1 heterocycles. The second-order valence-electron chi connectivity index (χ2n) is 5.87. The van der Waals surface area contributed by atoms with E-state index in [1.165, 1.54) is 0 Å². The summed E-state index contributed by atoms with van der Waals surface area (Å²) < 4.78 is 11.0. The highest BCUT2D eigenvalue weighted by molar-refractivity contribution is 14.0. The van der Waals surface area contributed by atoms with Gasteiger partial charge >= 0.3 is 0 Å². The van der Waals surface area contributed by atoms with Crippen LogP contribution in [0.15, 0.2) is 39.7 Å². The summed E-state index contributed by atoms with van der Waals surface area (Å²) >= 11 is 0. The summed E-state index contributed by atoms with van der Waals surface area (Å²) in [5, 5.41) is 6.64. The fourth-order valence-electron chi connectivity index (χ4n) is 2.49. The molecule has 0 bridgehead atoms. The summed E-state index contributed by atoms with van der Waals surface area (Å²) in [5.74, 6) is 3.43. The normalized spacial score (nSPS) is 12.3. The van der Waals surface area contributed by atoms with Gasteiger partial charge in [-0.05, 0) is 63.1 Å². The third-order valence-corrected chi connectivity index (χ3v) is 3.65. The molecule has 2 rings (SSSR count). The van der Waals surface area contributed by atoms with Crippen LogP contribution in [-0.4, -0.2) is 19.6 Å². The molecule has 1 atom stereocenters. The van der Waals surface area contributed by atoms with Gasteiger partial charge in [-0.1, -0.05) is 6.07 Å². The molecule has 1 aromatic heterocycles. The number of guanidine groups is 1. The summed E-state index contributed by atoms with van der Waals surface area (Å²) in [7, 11) is 1.68. The van der Waals surface area contributed by atoms with Crippen molar-refractivity contribution in [1.29, 1.82) is 0 Å². The zero-order valence-corrected chi connectivity index (χ0v) is 17.9. The van der Waals surface area contributed by atoms with Gasteiger partial charge in [-0.25, -0.2) is 4.99 Å². The summed E-state index contributed by atoms with van der Waals surface area (Å²) in [6.07, 6.45) is 0. The van der Waals surface area contributed by atoms with Crippen LogP contribution in [0.1, 0.15) is 42.5 Å². The van der Waals surface area contributed by atoms with Crippen LogP contribution in [0.3, 0.4) is 0 Å². The molecule has 0 fully saturated rings. The Morgan fingerprint density at radius 2 is 2.00 bits per heavy atom. The van der Waals surface area contributed by atoms with Crippen LogP contribution in [0.2, 0.25) is 0 Å². The highest BCUT2D eigenvalue weighted by Crippen LogP contribution is 2.18. The minimum absolute atomic E-state index is 0. The second kappa shape index (κ2) is 10.3. The Kier molecular flexibility index (Phi) is 8.82. The molecule has 0 aliphatic heterocycles. The highest BCUT2D eigenvalue weighted by Gasteiger charge is 2.11. The van der Waals surface area contributed by atoms with Gasteiger partial charge in [0.1, 0.15) is 17.3 Å². The zero-order valence-electron chi connectivity index (χ0n) is 15.6. The van der Waals surface area contributed by atoms with Gasteiger partial charge in [0.15, 0.2) is 5.96 Å². The minimum atomic E-state index is 0. The average molecular weight is 457 g/mol. The minimum Gasteiger partial charge on any atom is -0.497 e. The number of aryl methyl sites for hydroxylation is 2. The molecular formula is C19H28IN3O2. The van der Waals surface area contributed by atoms with Crippen molar-refractivity contribution < 1.29 is 9.15 Å². The number of nitrogens with one attached hydrogen (secondary N) is 2. The Balaban J connectivity index is 0.00000312. The van der Waals surface area contributed by atoms with E-state index in [4.69, 9.17) is 9.15 Å². The first-order valence-electron chi connectivity index (χ1n) is 8.27. The van der Waals surface area contributed by atoms with Crippen LogP contribution >= 0.6 is 24.0 Å². The number of nitrogens with zero attached hydrogens (tertiary/aromatic N) is 1. The van der Waals surface area contributed by atoms with Crippen LogP contribution in [0.4, 0.5) is 0 Å². The highest BCUT2D eigenvalue weighted by atomic mass is 127. The van der Waals surface area contributed by atoms with Gasteiger partial charge in [0.25, 0.3) is 0 Å². The van der Waals surface area contributed by atoms with Crippen molar-refractivity contribution in [2.24, 2.45) is 4.99 Å². The molecule has 0 spiro atoms. The molecule has 1 aromatic carbocycles. The number of aliphatic imine (C=N–C) groups is 1. The smallest absolute Gasteiger partial charge is 0.192 e. The number of furan rings is 1. The lowest BCUT2D eigenvalue weighted by molar-refractivity contribution is 0.414. The monoisotopic (exact) mass is 457 g/mol. The van der Waals surface area contributed by atoms with Gasteiger partial charge in [0.2, 0.25) is 0 Å². The summed E-state index contributed by atoms with van der Waals surface area (Å²) in [6.45, 7) is 9.49. The van der Waals surface area contributed by atoms with E-state index < -0.39 is 0 Å². The standard InChI is InChI=1S/C19H27N3O2.HI/c1-6-20-19(22-15(4)18-8-7-14(3)24-18)21-12-16-9-13(2)10-17(11-16)23-5;/h7-11,15H,6,12H2,1-5H3,(H2,20,21,22);1H. The Hall–Kier alpha value is -1.70. The lowest BCUT2D eigenvalue weighted by atomic mass is 10.1. The van der Waals surface area contributed by atoms with E-state index in [1.54, 1.807) is 7.11 Å². The molecule has 0 radical (unpaired) electrons. The van der Waals surface area contributed by atoms with Crippen LogP contribution in [-0.2, 0) is 6.54 Å². The van der Waals surface area contributed by atoms with Crippen LogP contribution in [0, 0.1) is 13.8 Å². The largest absolute Gasteiger partial charge is 0.497 e. The predicted octanol–water partition coefficient (Wildman–Crippen LogP) is 4.34. The van der Waals surface area contributed by atoms with Gasteiger partial charge in [-0.15, -0.1) is 24.0 Å². The maximum absolute atomic E-state index is 5.67. The summed E-state index contributed by atoms with van der Waals surface area (Å²) in [6, 6.07) is 10.1. The van der Waals surface area contributed by atoms with Crippen molar-refractivity contribution in [3.63, 3.8) is 0 Å². The van der Waals surface area contributed by atoms with Gasteiger partial charge < -0.3 is 19.8 Å². The van der Waals surface area contributed by atoms with Crippen molar-refractivity contribution in [2.45, 2.75) is 40.3 Å². The molecule has 0 amide bonds. The fourth-order valence-corrected chi connectivity index (χ4v) is 2.49.